The van der Waals surface area contributed by atoms with Crippen LogP contribution in [0, 0.1) is 11.8 Å². The summed E-state index contributed by atoms with van der Waals surface area (Å²) < 4.78 is 0. The van der Waals surface area contributed by atoms with Gasteiger partial charge < -0.3 is 5.32 Å². The SMILES string of the molecule is CC#CC1=CC=C(NC(C)=O)C=CC1. The van der Waals surface area contributed by atoms with Crippen LogP contribution in [0.15, 0.2) is 35.6 Å². The number of hydrogen-bond donors (Lipinski definition) is 1. The number of carbonyl (C=O) groups is 1. The second-order valence-corrected chi connectivity index (χ2v) is 2.98. The first-order chi connectivity index (χ1) is 6.72. The summed E-state index contributed by atoms with van der Waals surface area (Å²) in [5.41, 5.74) is 1.87. The molecule has 1 aliphatic carbocycles. The highest BCUT2D eigenvalue weighted by atomic mass is 16.1. The van der Waals surface area contributed by atoms with Gasteiger partial charge in [-0.05, 0) is 31.6 Å². The van der Waals surface area contributed by atoms with Crippen LogP contribution in [0.5, 0.6) is 0 Å². The van der Waals surface area contributed by atoms with Gasteiger partial charge in [-0.3, -0.25) is 4.79 Å². The number of hydrogen-bond acceptors (Lipinski definition) is 1. The maximum absolute atomic E-state index is 10.8. The number of amides is 1. The van der Waals surface area contributed by atoms with Crippen LogP contribution < -0.4 is 5.32 Å². The van der Waals surface area contributed by atoms with E-state index in [4.69, 9.17) is 0 Å². The van der Waals surface area contributed by atoms with Gasteiger partial charge in [0.05, 0.1) is 0 Å². The van der Waals surface area contributed by atoms with Gasteiger partial charge in [-0.2, -0.15) is 0 Å². The molecule has 0 bridgehead atoms. The number of allylic oxidation sites excluding steroid dienone is 5. The number of carbonyl (C=O) groups excluding carboxylic acids is 1. The molecule has 2 heteroatoms. The van der Waals surface area contributed by atoms with E-state index < -0.39 is 0 Å². The van der Waals surface area contributed by atoms with Gasteiger partial charge in [0, 0.05) is 18.2 Å². The van der Waals surface area contributed by atoms with Gasteiger partial charge in [0.15, 0.2) is 0 Å². The summed E-state index contributed by atoms with van der Waals surface area (Å²) in [5, 5.41) is 2.73. The van der Waals surface area contributed by atoms with E-state index in [1.807, 2.05) is 31.2 Å². The fourth-order valence-electron chi connectivity index (χ4n) is 1.17. The quantitative estimate of drug-likeness (QED) is 0.624. The molecule has 72 valence electrons. The van der Waals surface area contributed by atoms with Crippen molar-refractivity contribution in [3.05, 3.63) is 35.6 Å². The van der Waals surface area contributed by atoms with Crippen LogP contribution in [0.3, 0.4) is 0 Å². The third kappa shape index (κ3) is 3.32. The van der Waals surface area contributed by atoms with Crippen molar-refractivity contribution in [2.45, 2.75) is 20.3 Å². The van der Waals surface area contributed by atoms with Gasteiger partial charge in [-0.25, -0.2) is 0 Å². The standard InChI is InChI=1S/C12H13NO/c1-3-5-11-6-4-7-12(9-8-11)13-10(2)14/h4,7-9H,6H2,1-2H3,(H,13,14). The van der Waals surface area contributed by atoms with Crippen molar-refractivity contribution < 1.29 is 4.79 Å². The molecule has 1 rings (SSSR count). The zero-order valence-corrected chi connectivity index (χ0v) is 8.42. The lowest BCUT2D eigenvalue weighted by Gasteiger charge is -1.99. The Balaban J connectivity index is 2.79. The van der Waals surface area contributed by atoms with Gasteiger partial charge in [0.1, 0.15) is 0 Å². The number of nitrogens with one attached hydrogen (secondary N) is 1. The monoisotopic (exact) mass is 187 g/mol. The Morgan fingerprint density at radius 3 is 2.93 bits per heavy atom. The molecule has 0 aliphatic heterocycles. The summed E-state index contributed by atoms with van der Waals surface area (Å²) in [6, 6.07) is 0. The Labute approximate surface area is 84.4 Å². The molecule has 0 fully saturated rings. The van der Waals surface area contributed by atoms with Crippen LogP contribution in [0.1, 0.15) is 20.3 Å². The van der Waals surface area contributed by atoms with Crippen LogP contribution in [-0.4, -0.2) is 5.91 Å². The van der Waals surface area contributed by atoms with E-state index in [0.717, 1.165) is 17.7 Å². The summed E-state index contributed by atoms with van der Waals surface area (Å²) in [5.74, 6) is 5.80. The smallest absolute Gasteiger partial charge is 0.221 e. The Hall–Kier alpha value is -1.75. The Bertz CT molecular complexity index is 375. The molecule has 0 atom stereocenters. The summed E-state index contributed by atoms with van der Waals surface area (Å²) >= 11 is 0. The second kappa shape index (κ2) is 5.08. The molecular formula is C12H13NO. The third-order valence-corrected chi connectivity index (χ3v) is 1.71. The Kier molecular flexibility index (Phi) is 3.75. The first-order valence-corrected chi connectivity index (χ1v) is 4.50. The molecule has 1 N–H and O–H groups in total. The molecule has 0 aromatic rings. The molecule has 0 radical (unpaired) electrons. The third-order valence-electron chi connectivity index (χ3n) is 1.71. The lowest BCUT2D eigenvalue weighted by Crippen LogP contribution is -2.17. The van der Waals surface area contributed by atoms with Crippen LogP contribution in [-0.2, 0) is 4.79 Å². The highest BCUT2D eigenvalue weighted by Gasteiger charge is 1.98. The molecule has 0 heterocycles. The van der Waals surface area contributed by atoms with Crippen molar-refractivity contribution in [3.63, 3.8) is 0 Å². The fourth-order valence-corrected chi connectivity index (χ4v) is 1.17. The molecular weight excluding hydrogens is 174 g/mol. The summed E-state index contributed by atoms with van der Waals surface area (Å²) in [6.45, 7) is 3.31. The van der Waals surface area contributed by atoms with E-state index in [2.05, 4.69) is 17.2 Å². The highest BCUT2D eigenvalue weighted by molar-refractivity contribution is 5.75. The molecule has 0 spiro atoms. The molecule has 0 aromatic heterocycles. The summed E-state index contributed by atoms with van der Waals surface area (Å²) in [6.07, 6.45) is 8.50. The first kappa shape index (κ1) is 10.3. The average molecular weight is 187 g/mol. The van der Waals surface area contributed by atoms with Gasteiger partial charge in [0.25, 0.3) is 0 Å². The van der Waals surface area contributed by atoms with E-state index in [1.165, 1.54) is 6.92 Å². The van der Waals surface area contributed by atoms with E-state index >= 15 is 0 Å². The molecule has 14 heavy (non-hydrogen) atoms. The van der Waals surface area contributed by atoms with E-state index in [1.54, 1.807) is 0 Å². The predicted molar refractivity (Wildman–Crippen MR) is 57.2 cm³/mol. The van der Waals surface area contributed by atoms with Crippen LogP contribution in [0.25, 0.3) is 0 Å². The normalized spacial score (nSPS) is 14.4. The summed E-state index contributed by atoms with van der Waals surface area (Å²) in [7, 11) is 0. The van der Waals surface area contributed by atoms with Gasteiger partial charge in [-0.15, -0.1) is 5.92 Å². The zero-order chi connectivity index (χ0) is 10.4. The van der Waals surface area contributed by atoms with Crippen molar-refractivity contribution in [2.24, 2.45) is 0 Å². The van der Waals surface area contributed by atoms with Crippen LogP contribution in [0.2, 0.25) is 0 Å². The molecule has 0 aromatic carbocycles. The maximum atomic E-state index is 10.8. The molecule has 0 saturated heterocycles. The van der Waals surface area contributed by atoms with Gasteiger partial charge in [-0.1, -0.05) is 12.0 Å². The lowest BCUT2D eigenvalue weighted by atomic mass is 10.2. The highest BCUT2D eigenvalue weighted by Crippen LogP contribution is 2.08. The largest absolute Gasteiger partial charge is 0.326 e. The molecule has 0 saturated carbocycles. The van der Waals surface area contributed by atoms with E-state index in [9.17, 15) is 4.79 Å². The van der Waals surface area contributed by atoms with Gasteiger partial charge in [0.2, 0.25) is 5.91 Å². The molecule has 1 amide bonds. The first-order valence-electron chi connectivity index (χ1n) is 4.50. The molecule has 2 nitrogen and oxygen atoms in total. The molecule has 0 unspecified atom stereocenters. The molecule has 1 aliphatic rings. The van der Waals surface area contributed by atoms with Crippen molar-refractivity contribution in [3.8, 4) is 11.8 Å². The van der Waals surface area contributed by atoms with Crippen molar-refractivity contribution in [2.75, 3.05) is 0 Å². The minimum Gasteiger partial charge on any atom is -0.326 e. The van der Waals surface area contributed by atoms with E-state index in [0.29, 0.717) is 0 Å². The lowest BCUT2D eigenvalue weighted by molar-refractivity contribution is -0.118. The average Bonchev–Trinajstić information content (AvgIpc) is 2.31. The number of rotatable bonds is 1. The van der Waals surface area contributed by atoms with Crippen molar-refractivity contribution >= 4 is 5.91 Å². The van der Waals surface area contributed by atoms with Crippen molar-refractivity contribution in [1.82, 2.24) is 5.32 Å². The maximum Gasteiger partial charge on any atom is 0.221 e. The Morgan fingerprint density at radius 1 is 1.50 bits per heavy atom. The minimum atomic E-state index is -0.0562. The zero-order valence-electron chi connectivity index (χ0n) is 8.42. The van der Waals surface area contributed by atoms with E-state index in [-0.39, 0.29) is 5.91 Å². The van der Waals surface area contributed by atoms with Crippen molar-refractivity contribution in [1.29, 1.82) is 0 Å². The topological polar surface area (TPSA) is 29.1 Å². The fraction of sp³-hybridized carbons (Fsp3) is 0.250. The Morgan fingerprint density at radius 2 is 2.29 bits per heavy atom. The predicted octanol–water partition coefficient (Wildman–Crippen LogP) is 1.92. The van der Waals surface area contributed by atoms with Gasteiger partial charge >= 0.3 is 0 Å². The minimum absolute atomic E-state index is 0.0562. The van der Waals surface area contributed by atoms with Crippen LogP contribution >= 0.6 is 0 Å². The summed E-state index contributed by atoms with van der Waals surface area (Å²) in [4.78, 5) is 10.8. The second-order valence-electron chi connectivity index (χ2n) is 2.98. The van der Waals surface area contributed by atoms with Crippen LogP contribution in [0.4, 0.5) is 0 Å².